The SMILES string of the molecule is O=S1(=O)CCCCCS(=O)(=O)Cc2ccc(cc2)-c2ccccc2-c2ccc(cc2)C1. The lowest BCUT2D eigenvalue weighted by Gasteiger charge is -2.12. The van der Waals surface area contributed by atoms with Gasteiger partial charge in [-0.2, -0.15) is 0 Å². The number of fused-ring (bicyclic) bond motifs is 2. The third-order valence-electron chi connectivity index (χ3n) is 5.64. The maximum atomic E-state index is 12.5. The van der Waals surface area contributed by atoms with Gasteiger partial charge in [-0.3, -0.25) is 0 Å². The molecular formula is C25H26O4S2. The second kappa shape index (κ2) is 8.97. The van der Waals surface area contributed by atoms with Crippen LogP contribution in [0.2, 0.25) is 0 Å². The monoisotopic (exact) mass is 454 g/mol. The molecule has 0 unspecified atom stereocenters. The predicted molar refractivity (Wildman–Crippen MR) is 126 cm³/mol. The van der Waals surface area contributed by atoms with Crippen LogP contribution in [0.3, 0.4) is 0 Å². The van der Waals surface area contributed by atoms with E-state index in [4.69, 9.17) is 0 Å². The molecule has 31 heavy (non-hydrogen) atoms. The van der Waals surface area contributed by atoms with Crippen molar-refractivity contribution in [3.05, 3.63) is 83.9 Å². The van der Waals surface area contributed by atoms with Gasteiger partial charge in [-0.25, -0.2) is 16.8 Å². The molecule has 0 N–H and O–H groups in total. The van der Waals surface area contributed by atoms with Gasteiger partial charge in [-0.05, 0) is 46.2 Å². The van der Waals surface area contributed by atoms with E-state index in [1.54, 1.807) is 0 Å². The van der Waals surface area contributed by atoms with Crippen LogP contribution >= 0.6 is 0 Å². The van der Waals surface area contributed by atoms with Crippen LogP contribution in [0, 0.1) is 0 Å². The molecule has 4 bridgehead atoms. The summed E-state index contributed by atoms with van der Waals surface area (Å²) in [5.41, 5.74) is 5.67. The Morgan fingerprint density at radius 1 is 0.484 bits per heavy atom. The Hall–Kier alpha value is -2.44. The molecule has 3 aromatic rings. The van der Waals surface area contributed by atoms with Crippen LogP contribution in [0.1, 0.15) is 30.4 Å². The van der Waals surface area contributed by atoms with E-state index in [9.17, 15) is 16.8 Å². The third-order valence-corrected chi connectivity index (χ3v) is 9.01. The molecule has 3 heterocycles. The topological polar surface area (TPSA) is 68.3 Å². The van der Waals surface area contributed by atoms with E-state index >= 15 is 0 Å². The van der Waals surface area contributed by atoms with E-state index in [0.29, 0.717) is 19.3 Å². The molecule has 0 amide bonds. The fourth-order valence-corrected chi connectivity index (χ4v) is 7.00. The lowest BCUT2D eigenvalue weighted by atomic mass is 9.94. The van der Waals surface area contributed by atoms with Crippen LogP contribution in [0.25, 0.3) is 22.3 Å². The summed E-state index contributed by atoms with van der Waals surface area (Å²) in [6.45, 7) is 0. The average Bonchev–Trinajstić information content (AvgIpc) is 2.73. The lowest BCUT2D eigenvalue weighted by molar-refractivity contribution is 0.586. The van der Waals surface area contributed by atoms with Crippen molar-refractivity contribution in [1.82, 2.24) is 0 Å². The van der Waals surface area contributed by atoms with Gasteiger partial charge < -0.3 is 0 Å². The highest BCUT2D eigenvalue weighted by Crippen LogP contribution is 2.32. The zero-order valence-corrected chi connectivity index (χ0v) is 19.0. The minimum Gasteiger partial charge on any atom is -0.228 e. The van der Waals surface area contributed by atoms with Gasteiger partial charge >= 0.3 is 0 Å². The zero-order valence-electron chi connectivity index (χ0n) is 17.3. The number of hydrogen-bond acceptors (Lipinski definition) is 4. The molecule has 0 atom stereocenters. The van der Waals surface area contributed by atoms with Gasteiger partial charge in [0, 0.05) is 0 Å². The summed E-state index contributed by atoms with van der Waals surface area (Å²) in [5.74, 6) is 0.181. The smallest absolute Gasteiger partial charge is 0.154 e. The first-order valence-electron chi connectivity index (χ1n) is 10.5. The Morgan fingerprint density at radius 2 is 0.871 bits per heavy atom. The molecule has 3 aromatic carbocycles. The van der Waals surface area contributed by atoms with Gasteiger partial charge in [-0.1, -0.05) is 79.2 Å². The van der Waals surface area contributed by atoms with Crippen molar-refractivity contribution < 1.29 is 16.8 Å². The first-order chi connectivity index (χ1) is 14.8. The Morgan fingerprint density at radius 3 is 1.26 bits per heavy atom. The molecule has 6 heteroatoms. The van der Waals surface area contributed by atoms with Crippen molar-refractivity contribution in [3.8, 4) is 22.3 Å². The van der Waals surface area contributed by atoms with Crippen molar-refractivity contribution in [1.29, 1.82) is 0 Å². The second-order valence-corrected chi connectivity index (χ2v) is 12.6. The third kappa shape index (κ3) is 5.63. The first-order valence-corrected chi connectivity index (χ1v) is 14.1. The molecule has 6 rings (SSSR count). The first kappa shape index (κ1) is 21.8. The summed E-state index contributed by atoms with van der Waals surface area (Å²) in [6, 6.07) is 23.5. The number of rotatable bonds is 0. The molecular weight excluding hydrogens is 428 g/mol. The lowest BCUT2D eigenvalue weighted by Crippen LogP contribution is -2.11. The largest absolute Gasteiger partial charge is 0.228 e. The van der Waals surface area contributed by atoms with Crippen LogP contribution in [0.5, 0.6) is 0 Å². The Kier molecular flexibility index (Phi) is 6.30. The molecule has 0 aromatic heterocycles. The summed E-state index contributed by atoms with van der Waals surface area (Å²) in [6.07, 6.45) is 1.56. The summed E-state index contributed by atoms with van der Waals surface area (Å²) in [4.78, 5) is 0. The molecule has 0 aliphatic carbocycles. The highest BCUT2D eigenvalue weighted by Gasteiger charge is 2.16. The number of benzene rings is 3. The Labute approximate surface area is 184 Å². The van der Waals surface area contributed by atoms with Crippen molar-refractivity contribution in [2.45, 2.75) is 30.8 Å². The maximum Gasteiger partial charge on any atom is 0.154 e. The minimum absolute atomic E-state index is 0.00833. The fourth-order valence-electron chi connectivity index (χ4n) is 4.02. The van der Waals surface area contributed by atoms with Crippen molar-refractivity contribution in [2.75, 3.05) is 11.5 Å². The number of sulfone groups is 2. The Bertz CT molecular complexity index is 1160. The minimum atomic E-state index is -3.23. The summed E-state index contributed by atoms with van der Waals surface area (Å²) < 4.78 is 49.9. The van der Waals surface area contributed by atoms with E-state index in [-0.39, 0.29) is 23.0 Å². The van der Waals surface area contributed by atoms with Crippen LogP contribution in [-0.2, 0) is 31.2 Å². The normalized spacial score (nSPS) is 18.5. The molecule has 3 aliphatic rings. The van der Waals surface area contributed by atoms with Crippen LogP contribution in [-0.4, -0.2) is 28.3 Å². The van der Waals surface area contributed by atoms with E-state index in [1.165, 1.54) is 0 Å². The van der Waals surface area contributed by atoms with Crippen LogP contribution in [0.15, 0.2) is 72.8 Å². The van der Waals surface area contributed by atoms with Crippen molar-refractivity contribution in [3.63, 3.8) is 0 Å². The summed E-state index contributed by atoms with van der Waals surface area (Å²) >= 11 is 0. The molecule has 0 radical (unpaired) electrons. The fraction of sp³-hybridized carbons (Fsp3) is 0.280. The van der Waals surface area contributed by atoms with Crippen LogP contribution in [0.4, 0.5) is 0 Å². The van der Waals surface area contributed by atoms with Crippen molar-refractivity contribution >= 4 is 19.7 Å². The van der Waals surface area contributed by atoms with E-state index < -0.39 is 19.7 Å². The molecule has 3 aliphatic heterocycles. The van der Waals surface area contributed by atoms with Crippen molar-refractivity contribution in [2.24, 2.45) is 0 Å². The maximum absolute atomic E-state index is 12.5. The Balaban J connectivity index is 1.75. The molecule has 0 saturated heterocycles. The van der Waals surface area contributed by atoms with Gasteiger partial charge in [0.15, 0.2) is 19.7 Å². The van der Waals surface area contributed by atoms with Gasteiger partial charge in [0.25, 0.3) is 0 Å². The standard InChI is InChI=1S/C25H26O4S2/c26-30(27)16-4-1-5-17-31(28,29)19-21-10-14-23(15-11-21)25-7-3-2-6-24(25)22-12-8-20(18-30)9-13-22/h2-3,6-15H,1,4-5,16-19H2. The second-order valence-electron chi connectivity index (χ2n) is 8.18. The molecule has 0 saturated carbocycles. The summed E-state index contributed by atoms with van der Waals surface area (Å²) in [5, 5.41) is 0. The summed E-state index contributed by atoms with van der Waals surface area (Å²) in [7, 11) is -6.45. The van der Waals surface area contributed by atoms with E-state index in [1.807, 2.05) is 72.8 Å². The number of hydrogen-bond donors (Lipinski definition) is 0. The molecule has 4 nitrogen and oxygen atoms in total. The predicted octanol–water partition coefficient (Wildman–Crippen LogP) is 5.03. The van der Waals surface area contributed by atoms with Gasteiger partial charge in [0.05, 0.1) is 23.0 Å². The highest BCUT2D eigenvalue weighted by molar-refractivity contribution is 7.90. The molecule has 0 fully saturated rings. The van der Waals surface area contributed by atoms with E-state index in [0.717, 1.165) is 33.4 Å². The van der Waals surface area contributed by atoms with E-state index in [2.05, 4.69) is 0 Å². The average molecular weight is 455 g/mol. The zero-order chi connectivity index (χ0) is 21.9. The molecule has 162 valence electrons. The van der Waals surface area contributed by atoms with Crippen LogP contribution < -0.4 is 0 Å². The quantitative estimate of drug-likeness (QED) is 0.478. The van der Waals surface area contributed by atoms with Gasteiger partial charge in [-0.15, -0.1) is 0 Å². The van der Waals surface area contributed by atoms with Gasteiger partial charge in [0.1, 0.15) is 0 Å². The van der Waals surface area contributed by atoms with Gasteiger partial charge in [0.2, 0.25) is 0 Å². The highest BCUT2D eigenvalue weighted by atomic mass is 32.2. The molecule has 0 spiro atoms.